The number of aromatic nitrogens is 2. The van der Waals surface area contributed by atoms with Crippen molar-refractivity contribution in [2.75, 3.05) is 23.4 Å². The number of aryl methyl sites for hydroxylation is 1. The van der Waals surface area contributed by atoms with Crippen molar-refractivity contribution in [1.82, 2.24) is 9.78 Å². The van der Waals surface area contributed by atoms with E-state index in [1.807, 2.05) is 36.4 Å². The summed E-state index contributed by atoms with van der Waals surface area (Å²) in [6.45, 7) is 13.2. The first-order chi connectivity index (χ1) is 19.2. The molecule has 4 aromatic rings. The Hall–Kier alpha value is -4.26. The van der Waals surface area contributed by atoms with Gasteiger partial charge in [0.2, 0.25) is 0 Å². The minimum Gasteiger partial charge on any atom is -0.491 e. The summed E-state index contributed by atoms with van der Waals surface area (Å²) in [5.74, 6) is 1.65. The van der Waals surface area contributed by atoms with Crippen molar-refractivity contribution < 1.29 is 9.53 Å². The molecule has 1 aliphatic heterocycles. The largest absolute Gasteiger partial charge is 0.491 e. The van der Waals surface area contributed by atoms with E-state index in [4.69, 9.17) is 15.6 Å². The minimum atomic E-state index is -0.582. The molecule has 0 saturated carbocycles. The Morgan fingerprint density at radius 3 is 2.48 bits per heavy atom. The Bertz CT molecular complexity index is 1500. The number of fused-ring (bicyclic) bond motifs is 1. The van der Waals surface area contributed by atoms with E-state index in [1.165, 1.54) is 16.8 Å². The SMILES string of the molecule is Cc1cccc(OCC(C)C)c1-n1nc2c(c1-c1ccc(NC(N)=O)cc1)CN(c1ccccc1C(C)C)CC2. The van der Waals surface area contributed by atoms with Crippen LogP contribution in [0, 0.1) is 12.8 Å². The summed E-state index contributed by atoms with van der Waals surface area (Å²) in [7, 11) is 0. The molecular formula is C33H39N5O2. The first kappa shape index (κ1) is 27.3. The number of benzene rings is 3. The molecule has 7 nitrogen and oxygen atoms in total. The van der Waals surface area contributed by atoms with Crippen LogP contribution in [0.4, 0.5) is 16.2 Å². The molecule has 0 bridgehead atoms. The van der Waals surface area contributed by atoms with Crippen molar-refractivity contribution in [2.24, 2.45) is 11.7 Å². The lowest BCUT2D eigenvalue weighted by atomic mass is 9.96. The molecule has 0 atom stereocenters. The number of primary amides is 1. The van der Waals surface area contributed by atoms with Gasteiger partial charge in [-0.3, -0.25) is 0 Å². The van der Waals surface area contributed by atoms with Crippen molar-refractivity contribution in [3.63, 3.8) is 0 Å². The predicted molar refractivity (Wildman–Crippen MR) is 163 cm³/mol. The fourth-order valence-corrected chi connectivity index (χ4v) is 5.43. The van der Waals surface area contributed by atoms with E-state index in [2.05, 4.69) is 79.8 Å². The van der Waals surface area contributed by atoms with Gasteiger partial charge < -0.3 is 20.7 Å². The zero-order valence-corrected chi connectivity index (χ0v) is 24.1. The van der Waals surface area contributed by atoms with Gasteiger partial charge in [0.05, 0.1) is 18.0 Å². The summed E-state index contributed by atoms with van der Waals surface area (Å²) in [4.78, 5) is 13.9. The molecule has 2 amide bonds. The molecular weight excluding hydrogens is 498 g/mol. The number of urea groups is 1. The number of nitrogens with zero attached hydrogens (tertiary/aromatic N) is 3. The van der Waals surface area contributed by atoms with E-state index in [1.54, 1.807) is 0 Å². The van der Waals surface area contributed by atoms with Crippen molar-refractivity contribution in [3.8, 4) is 22.7 Å². The average Bonchev–Trinajstić information content (AvgIpc) is 3.30. The maximum absolute atomic E-state index is 11.4. The van der Waals surface area contributed by atoms with Crippen LogP contribution in [-0.4, -0.2) is 29.0 Å². The van der Waals surface area contributed by atoms with Gasteiger partial charge in [-0.1, -0.05) is 70.2 Å². The summed E-state index contributed by atoms with van der Waals surface area (Å²) in [5.41, 5.74) is 15.0. The number of rotatable bonds is 8. The summed E-state index contributed by atoms with van der Waals surface area (Å²) >= 11 is 0. The Balaban J connectivity index is 1.66. The average molecular weight is 538 g/mol. The maximum atomic E-state index is 11.4. The lowest BCUT2D eigenvalue weighted by Crippen LogP contribution is -2.31. The minimum absolute atomic E-state index is 0.401. The highest BCUT2D eigenvalue weighted by Crippen LogP contribution is 2.39. The standard InChI is InChI=1S/C33H39N5O2/c1-21(2)20-40-30-12-8-9-23(5)31(30)38-32(24-13-15-25(16-14-24)35-33(34)39)27-19-37(18-17-28(27)36-38)29-11-7-6-10-26(29)22(3)4/h6-16,21-22H,17-20H2,1-5H3,(H3,34,35,39). The normalized spacial score (nSPS) is 13.0. The van der Waals surface area contributed by atoms with Crippen molar-refractivity contribution >= 4 is 17.4 Å². The highest BCUT2D eigenvalue weighted by molar-refractivity contribution is 5.88. The molecule has 2 heterocycles. The third kappa shape index (κ3) is 5.55. The van der Waals surface area contributed by atoms with Gasteiger partial charge in [-0.25, -0.2) is 9.48 Å². The molecule has 0 unspecified atom stereocenters. The molecule has 1 aliphatic rings. The van der Waals surface area contributed by atoms with Crippen molar-refractivity contribution in [3.05, 3.63) is 89.1 Å². The van der Waals surface area contributed by atoms with Gasteiger partial charge >= 0.3 is 6.03 Å². The molecule has 208 valence electrons. The first-order valence-electron chi connectivity index (χ1n) is 14.1. The highest BCUT2D eigenvalue weighted by atomic mass is 16.5. The van der Waals surface area contributed by atoms with E-state index in [9.17, 15) is 4.79 Å². The molecule has 5 rings (SSSR count). The van der Waals surface area contributed by atoms with Gasteiger partial charge in [-0.2, -0.15) is 5.10 Å². The van der Waals surface area contributed by atoms with Crippen LogP contribution in [0.3, 0.4) is 0 Å². The second kappa shape index (κ2) is 11.5. The molecule has 1 aromatic heterocycles. The van der Waals surface area contributed by atoms with E-state index < -0.39 is 6.03 Å². The zero-order valence-electron chi connectivity index (χ0n) is 24.1. The van der Waals surface area contributed by atoms with Gasteiger partial charge in [0.15, 0.2) is 0 Å². The number of nitrogens with one attached hydrogen (secondary N) is 1. The van der Waals surface area contributed by atoms with Gasteiger partial charge in [0.1, 0.15) is 11.4 Å². The molecule has 0 saturated heterocycles. The number of hydrogen-bond donors (Lipinski definition) is 2. The third-order valence-corrected chi connectivity index (χ3v) is 7.34. The second-order valence-electron chi connectivity index (χ2n) is 11.3. The molecule has 3 N–H and O–H groups in total. The van der Waals surface area contributed by atoms with Crippen LogP contribution in [0.25, 0.3) is 16.9 Å². The van der Waals surface area contributed by atoms with Crippen LogP contribution < -0.4 is 20.7 Å². The maximum Gasteiger partial charge on any atom is 0.316 e. The van der Waals surface area contributed by atoms with Crippen LogP contribution in [0.5, 0.6) is 5.75 Å². The van der Waals surface area contributed by atoms with Gasteiger partial charge in [0.25, 0.3) is 0 Å². The van der Waals surface area contributed by atoms with Crippen LogP contribution in [0.15, 0.2) is 66.7 Å². The number of para-hydroxylation sites is 2. The predicted octanol–water partition coefficient (Wildman–Crippen LogP) is 7.06. The van der Waals surface area contributed by atoms with E-state index >= 15 is 0 Å². The summed E-state index contributed by atoms with van der Waals surface area (Å²) in [6.07, 6.45) is 0.844. The Morgan fingerprint density at radius 2 is 1.77 bits per heavy atom. The van der Waals surface area contributed by atoms with Gasteiger partial charge in [-0.05, 0) is 54.2 Å². The Kier molecular flexibility index (Phi) is 7.83. The van der Waals surface area contributed by atoms with E-state index in [0.717, 1.165) is 53.5 Å². The molecule has 40 heavy (non-hydrogen) atoms. The van der Waals surface area contributed by atoms with Crippen molar-refractivity contribution in [1.29, 1.82) is 0 Å². The Morgan fingerprint density at radius 1 is 1.02 bits per heavy atom. The Labute approximate surface area is 237 Å². The van der Waals surface area contributed by atoms with E-state index in [0.29, 0.717) is 24.1 Å². The number of carbonyl (C=O) groups excluding carboxylic acids is 1. The first-order valence-corrected chi connectivity index (χ1v) is 14.1. The van der Waals surface area contributed by atoms with Gasteiger partial charge in [-0.15, -0.1) is 0 Å². The number of anilines is 2. The fourth-order valence-electron chi connectivity index (χ4n) is 5.43. The summed E-state index contributed by atoms with van der Waals surface area (Å²) in [6, 6.07) is 22.1. The highest BCUT2D eigenvalue weighted by Gasteiger charge is 2.29. The van der Waals surface area contributed by atoms with Crippen LogP contribution in [0.2, 0.25) is 0 Å². The summed E-state index contributed by atoms with van der Waals surface area (Å²) in [5, 5.41) is 7.89. The topological polar surface area (TPSA) is 85.4 Å². The number of ether oxygens (including phenoxy) is 1. The lowest BCUT2D eigenvalue weighted by molar-refractivity contribution is 0.259. The molecule has 0 spiro atoms. The molecule has 0 fully saturated rings. The molecule has 0 radical (unpaired) electrons. The van der Waals surface area contributed by atoms with E-state index in [-0.39, 0.29) is 0 Å². The number of hydrogen-bond acceptors (Lipinski definition) is 4. The van der Waals surface area contributed by atoms with Gasteiger partial charge in [0, 0.05) is 42.0 Å². The number of nitrogens with two attached hydrogens (primary N) is 1. The molecule has 3 aromatic carbocycles. The smallest absolute Gasteiger partial charge is 0.316 e. The molecule has 0 aliphatic carbocycles. The van der Waals surface area contributed by atoms with Crippen LogP contribution in [-0.2, 0) is 13.0 Å². The second-order valence-corrected chi connectivity index (χ2v) is 11.3. The monoisotopic (exact) mass is 537 g/mol. The fraction of sp³-hybridized carbons (Fsp3) is 0.333. The number of amides is 2. The lowest BCUT2D eigenvalue weighted by Gasteiger charge is -2.31. The third-order valence-electron chi connectivity index (χ3n) is 7.34. The quantitative estimate of drug-likeness (QED) is 0.252. The summed E-state index contributed by atoms with van der Waals surface area (Å²) < 4.78 is 8.39. The number of carbonyl (C=O) groups is 1. The van der Waals surface area contributed by atoms with Crippen LogP contribution in [0.1, 0.15) is 56.0 Å². The zero-order chi connectivity index (χ0) is 28.4. The van der Waals surface area contributed by atoms with Crippen LogP contribution >= 0.6 is 0 Å². The molecule has 7 heteroatoms. The van der Waals surface area contributed by atoms with Crippen molar-refractivity contribution in [2.45, 2.75) is 53.5 Å².